The predicted molar refractivity (Wildman–Crippen MR) is 103 cm³/mol. The van der Waals surface area contributed by atoms with Crippen molar-refractivity contribution in [1.29, 1.82) is 0 Å². The van der Waals surface area contributed by atoms with Gasteiger partial charge in [0, 0.05) is 17.5 Å². The largest absolute Gasteiger partial charge is 0.492 e. The lowest BCUT2D eigenvalue weighted by Gasteiger charge is -2.13. The SMILES string of the molecule is CCOc1ccccc1NC(=O)NCc1cccn1Cc1ccccc1F. The first-order chi connectivity index (χ1) is 13.2. The van der Waals surface area contributed by atoms with E-state index in [9.17, 15) is 9.18 Å². The molecule has 0 saturated carbocycles. The van der Waals surface area contributed by atoms with Gasteiger partial charge in [-0.1, -0.05) is 30.3 Å². The van der Waals surface area contributed by atoms with E-state index in [0.29, 0.717) is 36.7 Å². The van der Waals surface area contributed by atoms with E-state index in [1.807, 2.05) is 48.0 Å². The molecular formula is C21H22FN3O2. The fraction of sp³-hybridized carbons (Fsp3) is 0.190. The number of rotatable bonds is 7. The second-order valence-electron chi connectivity index (χ2n) is 5.96. The first-order valence-electron chi connectivity index (χ1n) is 8.81. The Hall–Kier alpha value is -3.28. The number of ether oxygens (including phenoxy) is 1. The van der Waals surface area contributed by atoms with Crippen LogP contribution >= 0.6 is 0 Å². The fourth-order valence-corrected chi connectivity index (χ4v) is 2.76. The average Bonchev–Trinajstić information content (AvgIpc) is 3.11. The second-order valence-corrected chi connectivity index (χ2v) is 5.96. The molecule has 0 bridgehead atoms. The normalized spacial score (nSPS) is 10.4. The van der Waals surface area contributed by atoms with Gasteiger partial charge in [0.1, 0.15) is 11.6 Å². The van der Waals surface area contributed by atoms with Gasteiger partial charge in [-0.2, -0.15) is 0 Å². The molecule has 3 rings (SSSR count). The standard InChI is InChI=1S/C21H22FN3O2/c1-2-27-20-12-6-5-11-19(20)24-21(26)23-14-17-9-7-13-25(17)15-16-8-3-4-10-18(16)22/h3-13H,2,14-15H2,1H3,(H2,23,24,26). The minimum absolute atomic E-state index is 0.240. The third kappa shape index (κ3) is 4.88. The van der Waals surface area contributed by atoms with Gasteiger partial charge >= 0.3 is 6.03 Å². The highest BCUT2D eigenvalue weighted by Crippen LogP contribution is 2.23. The molecule has 0 spiro atoms. The number of hydrogen-bond acceptors (Lipinski definition) is 2. The number of halogens is 1. The molecule has 0 aliphatic heterocycles. The van der Waals surface area contributed by atoms with Gasteiger partial charge in [-0.3, -0.25) is 0 Å². The molecular weight excluding hydrogens is 345 g/mol. The summed E-state index contributed by atoms with van der Waals surface area (Å²) in [6, 6.07) is 17.4. The highest BCUT2D eigenvalue weighted by atomic mass is 19.1. The minimum atomic E-state index is -0.333. The number of nitrogens with one attached hydrogen (secondary N) is 2. The number of urea groups is 1. The van der Waals surface area contributed by atoms with Crippen LogP contribution in [0.3, 0.4) is 0 Å². The van der Waals surface area contributed by atoms with Crippen molar-refractivity contribution in [2.45, 2.75) is 20.0 Å². The minimum Gasteiger partial charge on any atom is -0.492 e. The number of carbonyl (C=O) groups excluding carboxylic acids is 1. The summed E-state index contributed by atoms with van der Waals surface area (Å²) in [6.07, 6.45) is 1.87. The van der Waals surface area contributed by atoms with Crippen LogP contribution in [0.25, 0.3) is 0 Å². The van der Waals surface area contributed by atoms with Crippen LogP contribution in [0, 0.1) is 5.82 Å². The van der Waals surface area contributed by atoms with Crippen molar-refractivity contribution in [3.63, 3.8) is 0 Å². The van der Waals surface area contributed by atoms with Gasteiger partial charge in [-0.05, 0) is 37.3 Å². The fourth-order valence-electron chi connectivity index (χ4n) is 2.76. The van der Waals surface area contributed by atoms with Crippen LogP contribution in [0.15, 0.2) is 66.9 Å². The van der Waals surface area contributed by atoms with E-state index in [2.05, 4.69) is 10.6 Å². The molecule has 0 fully saturated rings. The van der Waals surface area contributed by atoms with Crippen LogP contribution in [0.2, 0.25) is 0 Å². The summed E-state index contributed by atoms with van der Waals surface area (Å²) in [6.45, 7) is 3.14. The number of aromatic nitrogens is 1. The number of hydrogen-bond donors (Lipinski definition) is 2. The lowest BCUT2D eigenvalue weighted by molar-refractivity contribution is 0.251. The number of nitrogens with zero attached hydrogens (tertiary/aromatic N) is 1. The molecule has 0 unspecified atom stereocenters. The monoisotopic (exact) mass is 367 g/mol. The van der Waals surface area contributed by atoms with Gasteiger partial charge in [0.15, 0.2) is 0 Å². The molecule has 0 saturated heterocycles. The molecule has 0 radical (unpaired) electrons. The zero-order chi connectivity index (χ0) is 19.1. The summed E-state index contributed by atoms with van der Waals surface area (Å²) in [5.41, 5.74) is 2.09. The summed E-state index contributed by atoms with van der Waals surface area (Å²) in [7, 11) is 0. The van der Waals surface area contributed by atoms with Crippen LogP contribution in [0.5, 0.6) is 5.75 Å². The van der Waals surface area contributed by atoms with Crippen LogP contribution in [-0.4, -0.2) is 17.2 Å². The lowest BCUT2D eigenvalue weighted by Crippen LogP contribution is -2.29. The smallest absolute Gasteiger partial charge is 0.319 e. The summed E-state index contributed by atoms with van der Waals surface area (Å²) in [5, 5.41) is 5.62. The second kappa shape index (κ2) is 8.89. The van der Waals surface area contributed by atoms with E-state index in [1.54, 1.807) is 24.3 Å². The van der Waals surface area contributed by atoms with Gasteiger partial charge in [0.05, 0.1) is 25.4 Å². The Kier molecular flexibility index (Phi) is 6.10. The van der Waals surface area contributed by atoms with E-state index >= 15 is 0 Å². The van der Waals surface area contributed by atoms with Crippen molar-refractivity contribution in [3.8, 4) is 5.75 Å². The highest BCUT2D eigenvalue weighted by Gasteiger charge is 2.09. The molecule has 140 valence electrons. The van der Waals surface area contributed by atoms with Gasteiger partial charge in [-0.25, -0.2) is 9.18 Å². The Balaban J connectivity index is 1.60. The van der Waals surface area contributed by atoms with Crippen LogP contribution in [0.1, 0.15) is 18.2 Å². The average molecular weight is 367 g/mol. The van der Waals surface area contributed by atoms with E-state index in [4.69, 9.17) is 4.74 Å². The molecule has 0 aliphatic carbocycles. The Morgan fingerprint density at radius 1 is 1.07 bits per heavy atom. The number of benzene rings is 2. The van der Waals surface area contributed by atoms with Crippen LogP contribution < -0.4 is 15.4 Å². The maximum atomic E-state index is 13.9. The number of carbonyl (C=O) groups is 1. The molecule has 2 N–H and O–H groups in total. The highest BCUT2D eigenvalue weighted by molar-refractivity contribution is 5.90. The van der Waals surface area contributed by atoms with Crippen molar-refractivity contribution in [2.75, 3.05) is 11.9 Å². The van der Waals surface area contributed by atoms with Gasteiger partial charge in [0.2, 0.25) is 0 Å². The molecule has 1 aromatic heterocycles. The number of anilines is 1. The summed E-state index contributed by atoms with van der Waals surface area (Å²) in [5.74, 6) is 0.383. The Bertz CT molecular complexity index is 908. The van der Waals surface area contributed by atoms with E-state index in [-0.39, 0.29) is 11.8 Å². The molecule has 3 aromatic rings. The Morgan fingerprint density at radius 2 is 1.85 bits per heavy atom. The molecule has 5 nitrogen and oxygen atoms in total. The van der Waals surface area contributed by atoms with Gasteiger partial charge < -0.3 is 19.9 Å². The number of para-hydroxylation sites is 2. The molecule has 27 heavy (non-hydrogen) atoms. The van der Waals surface area contributed by atoms with Crippen LogP contribution in [0.4, 0.5) is 14.9 Å². The van der Waals surface area contributed by atoms with Crippen molar-refractivity contribution in [3.05, 3.63) is 83.9 Å². The third-order valence-corrected chi connectivity index (χ3v) is 4.09. The van der Waals surface area contributed by atoms with E-state index in [1.165, 1.54) is 6.07 Å². The molecule has 2 amide bonds. The molecule has 1 heterocycles. The summed E-state index contributed by atoms with van der Waals surface area (Å²) < 4.78 is 21.3. The maximum absolute atomic E-state index is 13.9. The Labute approximate surface area is 157 Å². The third-order valence-electron chi connectivity index (χ3n) is 4.09. The first-order valence-corrected chi connectivity index (χ1v) is 8.81. The molecule has 6 heteroatoms. The summed E-state index contributed by atoms with van der Waals surface area (Å²) in [4.78, 5) is 12.2. The van der Waals surface area contributed by atoms with E-state index < -0.39 is 0 Å². The topological polar surface area (TPSA) is 55.3 Å². The molecule has 2 aromatic carbocycles. The van der Waals surface area contributed by atoms with Crippen molar-refractivity contribution in [2.24, 2.45) is 0 Å². The van der Waals surface area contributed by atoms with Gasteiger partial charge in [0.25, 0.3) is 0 Å². The first kappa shape index (κ1) is 18.5. The Morgan fingerprint density at radius 3 is 2.67 bits per heavy atom. The van der Waals surface area contributed by atoms with E-state index in [0.717, 1.165) is 5.69 Å². The predicted octanol–water partition coefficient (Wildman–Crippen LogP) is 4.40. The van der Waals surface area contributed by atoms with Crippen molar-refractivity contribution < 1.29 is 13.9 Å². The van der Waals surface area contributed by atoms with Gasteiger partial charge in [-0.15, -0.1) is 0 Å². The summed E-state index contributed by atoms with van der Waals surface area (Å²) >= 11 is 0. The zero-order valence-electron chi connectivity index (χ0n) is 15.1. The number of amides is 2. The zero-order valence-corrected chi connectivity index (χ0v) is 15.1. The molecule has 0 atom stereocenters. The maximum Gasteiger partial charge on any atom is 0.319 e. The quantitative estimate of drug-likeness (QED) is 0.650. The van der Waals surface area contributed by atoms with Crippen molar-refractivity contribution >= 4 is 11.7 Å². The lowest BCUT2D eigenvalue weighted by atomic mass is 10.2. The molecule has 0 aliphatic rings. The van der Waals surface area contributed by atoms with Crippen molar-refractivity contribution in [1.82, 2.24) is 9.88 Å². The van der Waals surface area contributed by atoms with Crippen LogP contribution in [-0.2, 0) is 13.1 Å².